The van der Waals surface area contributed by atoms with Crippen molar-refractivity contribution in [2.75, 3.05) is 19.8 Å². The number of terminal acetylenes is 1. The molecule has 1 aliphatic heterocycles. The number of esters is 1. The molecule has 0 radical (unpaired) electrons. The number of benzene rings is 1. The average molecular weight is 398 g/mol. The maximum absolute atomic E-state index is 13.7. The minimum absolute atomic E-state index is 0.103. The highest BCUT2D eigenvalue weighted by Crippen LogP contribution is 2.44. The Morgan fingerprint density at radius 3 is 3.00 bits per heavy atom. The van der Waals surface area contributed by atoms with Crippen LogP contribution in [0, 0.1) is 24.5 Å². The van der Waals surface area contributed by atoms with E-state index in [4.69, 9.17) is 11.2 Å². The van der Waals surface area contributed by atoms with Crippen molar-refractivity contribution in [2.24, 2.45) is 0 Å². The summed E-state index contributed by atoms with van der Waals surface area (Å²) in [4.78, 5) is 14.3. The Bertz CT molecular complexity index is 920. The summed E-state index contributed by atoms with van der Waals surface area (Å²) in [6.07, 6.45) is 6.82. The predicted molar refractivity (Wildman–Crippen MR) is 107 cm³/mol. The number of hydrogen-bond acceptors (Lipinski definition) is 7. The zero-order chi connectivity index (χ0) is 19.7. The number of hydroxylamine groups is 2. The van der Waals surface area contributed by atoms with Crippen LogP contribution in [0.4, 0.5) is 5.13 Å². The van der Waals surface area contributed by atoms with E-state index in [0.29, 0.717) is 17.6 Å². The van der Waals surface area contributed by atoms with Gasteiger partial charge in [0.1, 0.15) is 11.7 Å². The summed E-state index contributed by atoms with van der Waals surface area (Å²) in [5.74, 6) is 2.55. The van der Waals surface area contributed by atoms with Crippen molar-refractivity contribution in [2.45, 2.75) is 38.3 Å². The van der Waals surface area contributed by atoms with Gasteiger partial charge in [-0.2, -0.15) is 0 Å². The lowest BCUT2D eigenvalue weighted by Crippen LogP contribution is -2.51. The summed E-state index contributed by atoms with van der Waals surface area (Å²) in [5.41, 5.74) is 1.93. The van der Waals surface area contributed by atoms with Gasteiger partial charge in [0.2, 0.25) is 0 Å². The Morgan fingerprint density at radius 1 is 1.46 bits per heavy atom. The van der Waals surface area contributed by atoms with Crippen LogP contribution in [0.15, 0.2) is 24.3 Å². The molecule has 0 amide bonds. The number of aryl methyl sites for hydroxylation is 1. The van der Waals surface area contributed by atoms with Gasteiger partial charge in [-0.1, -0.05) is 40.8 Å². The molecule has 7 nitrogen and oxygen atoms in total. The molecular formula is C20H22N4O3S. The first-order valence-electron chi connectivity index (χ1n) is 9.31. The minimum atomic E-state index is -0.898. The van der Waals surface area contributed by atoms with Crippen LogP contribution in [-0.4, -0.2) is 47.1 Å². The second-order valence-corrected chi connectivity index (χ2v) is 8.45. The number of hydrogen-bond donors (Lipinski definition) is 0. The topological polar surface area (TPSA) is 78.4 Å². The molecule has 2 unspecified atom stereocenters. The van der Waals surface area contributed by atoms with Gasteiger partial charge in [0.15, 0.2) is 0 Å². The van der Waals surface area contributed by atoms with E-state index < -0.39 is 16.8 Å². The van der Waals surface area contributed by atoms with Crippen molar-refractivity contribution in [3.8, 4) is 12.3 Å². The third-order valence-corrected chi connectivity index (χ3v) is 6.18. The number of ether oxygens (including phenoxy) is 1. The molecular weight excluding hydrogens is 376 g/mol. The van der Waals surface area contributed by atoms with Crippen LogP contribution in [0.5, 0.6) is 0 Å². The first-order chi connectivity index (χ1) is 13.5. The van der Waals surface area contributed by atoms with E-state index >= 15 is 0 Å². The lowest BCUT2D eigenvalue weighted by molar-refractivity contribution is -0.152. The van der Waals surface area contributed by atoms with Crippen molar-refractivity contribution >= 4 is 22.4 Å². The Hall–Kier alpha value is -2.31. The number of aromatic nitrogens is 2. The first kappa shape index (κ1) is 19.0. The summed E-state index contributed by atoms with van der Waals surface area (Å²) >= 11 is 1.32. The van der Waals surface area contributed by atoms with Gasteiger partial charge in [-0.05, 0) is 36.7 Å². The highest BCUT2D eigenvalue weighted by molar-refractivity contribution is 7.15. The van der Waals surface area contributed by atoms with E-state index in [-0.39, 0.29) is 19.6 Å². The molecule has 1 aliphatic carbocycles. The third-order valence-electron chi connectivity index (χ3n) is 4.98. The van der Waals surface area contributed by atoms with Crippen molar-refractivity contribution in [1.29, 1.82) is 0 Å². The lowest BCUT2D eigenvalue weighted by Gasteiger charge is -2.38. The van der Waals surface area contributed by atoms with Crippen molar-refractivity contribution in [3.63, 3.8) is 0 Å². The van der Waals surface area contributed by atoms with Crippen molar-refractivity contribution in [3.05, 3.63) is 45.6 Å². The van der Waals surface area contributed by atoms with Crippen molar-refractivity contribution < 1.29 is 9.53 Å². The first-order valence-corrected chi connectivity index (χ1v) is 10.1. The second kappa shape index (κ2) is 7.60. The molecule has 0 N–H and O–H groups in total. The fourth-order valence-electron chi connectivity index (χ4n) is 3.41. The normalized spacial score (nSPS) is 24.8. The van der Waals surface area contributed by atoms with E-state index in [1.807, 2.05) is 36.1 Å². The quantitative estimate of drug-likeness (QED) is 0.322. The average Bonchev–Trinajstić information content (AvgIpc) is 3.28. The van der Waals surface area contributed by atoms with Gasteiger partial charge in [-0.15, -0.1) is 11.5 Å². The van der Waals surface area contributed by atoms with Gasteiger partial charge < -0.3 is 9.94 Å². The van der Waals surface area contributed by atoms with E-state index in [2.05, 4.69) is 16.1 Å². The summed E-state index contributed by atoms with van der Waals surface area (Å²) in [6.45, 7) is 2.68. The third kappa shape index (κ3) is 3.93. The minimum Gasteiger partial charge on any atom is -0.622 e. The van der Waals surface area contributed by atoms with E-state index in [1.165, 1.54) is 11.3 Å². The Balaban J connectivity index is 1.51. The lowest BCUT2D eigenvalue weighted by atomic mass is 10.1. The molecule has 0 bridgehead atoms. The molecule has 1 aromatic heterocycles. The smallest absolute Gasteiger partial charge is 0.314 e. The fraction of sp³-hybridized carbons (Fsp3) is 0.450. The molecule has 2 fully saturated rings. The van der Waals surface area contributed by atoms with Crippen LogP contribution in [0.1, 0.15) is 34.9 Å². The molecule has 1 aromatic carbocycles. The van der Waals surface area contributed by atoms with Gasteiger partial charge >= 0.3 is 11.1 Å². The molecule has 2 atom stereocenters. The molecule has 146 valence electrons. The monoisotopic (exact) mass is 398 g/mol. The van der Waals surface area contributed by atoms with Crippen LogP contribution in [0.3, 0.4) is 0 Å². The molecule has 28 heavy (non-hydrogen) atoms. The zero-order valence-corrected chi connectivity index (χ0v) is 16.5. The summed E-state index contributed by atoms with van der Waals surface area (Å²) in [5, 5.41) is 23.2. The molecule has 1 saturated heterocycles. The molecule has 1 saturated carbocycles. The maximum Gasteiger partial charge on any atom is 0.314 e. The van der Waals surface area contributed by atoms with Crippen LogP contribution in [-0.2, 0) is 16.0 Å². The Kier molecular flexibility index (Phi) is 5.17. The summed E-state index contributed by atoms with van der Waals surface area (Å²) < 4.78 is 4.79. The number of carbonyl (C=O) groups excluding carboxylic acids is 1. The van der Waals surface area contributed by atoms with E-state index in [0.717, 1.165) is 29.0 Å². The number of carbonyl (C=O) groups is 1. The molecule has 2 heterocycles. The summed E-state index contributed by atoms with van der Waals surface area (Å²) in [6, 6.07) is 7.68. The van der Waals surface area contributed by atoms with Crippen LogP contribution in [0.2, 0.25) is 0 Å². The van der Waals surface area contributed by atoms with E-state index in [9.17, 15) is 10.0 Å². The standard InChI is InChI=1S/C20H22N4O3S/c1-3-9-23-12-17(27-18(25)11-15-6-4-5-14(2)10-15)24(26,13-23)20-22-21-19(28-20)16-7-8-16/h1,4-6,10,16-17H,7-9,11-13H2,2H3. The number of rotatable bonds is 6. The van der Waals surface area contributed by atoms with Crippen LogP contribution >= 0.6 is 11.3 Å². The van der Waals surface area contributed by atoms with Gasteiger partial charge in [0.25, 0.3) is 6.23 Å². The van der Waals surface area contributed by atoms with Crippen molar-refractivity contribution in [1.82, 2.24) is 19.7 Å². The molecule has 2 aliphatic rings. The van der Waals surface area contributed by atoms with Gasteiger partial charge in [-0.3, -0.25) is 9.44 Å². The SMILES string of the molecule is C#CCN1CC(OC(=O)Cc2cccc(C)c2)[N+]([O-])(c2nnc(C3CC3)s2)C1. The predicted octanol–water partition coefficient (Wildman–Crippen LogP) is 2.55. The molecule has 8 heteroatoms. The van der Waals surface area contributed by atoms with Gasteiger partial charge in [0.05, 0.1) is 19.5 Å². The number of nitrogens with zero attached hydrogens (tertiary/aromatic N) is 4. The highest BCUT2D eigenvalue weighted by atomic mass is 32.1. The number of quaternary nitrogens is 1. The molecule has 2 aromatic rings. The van der Waals surface area contributed by atoms with Gasteiger partial charge in [-0.25, -0.2) is 4.90 Å². The Labute approximate surface area is 168 Å². The van der Waals surface area contributed by atoms with Crippen LogP contribution < -0.4 is 4.65 Å². The van der Waals surface area contributed by atoms with Gasteiger partial charge in [0, 0.05) is 5.92 Å². The van der Waals surface area contributed by atoms with E-state index in [1.54, 1.807) is 0 Å². The zero-order valence-electron chi connectivity index (χ0n) is 15.7. The fourth-order valence-corrected chi connectivity index (χ4v) is 4.49. The summed E-state index contributed by atoms with van der Waals surface area (Å²) in [7, 11) is 0. The van der Waals surface area contributed by atoms with Crippen LogP contribution in [0.25, 0.3) is 0 Å². The maximum atomic E-state index is 13.7. The molecule has 4 rings (SSSR count). The Morgan fingerprint density at radius 2 is 2.29 bits per heavy atom. The second-order valence-electron chi connectivity index (χ2n) is 7.46. The largest absolute Gasteiger partial charge is 0.622 e. The highest BCUT2D eigenvalue weighted by Gasteiger charge is 2.46. The molecule has 0 spiro atoms.